The second-order valence-electron chi connectivity index (χ2n) is 7.26. The van der Waals surface area contributed by atoms with E-state index in [1.165, 1.54) is 21.8 Å². The highest BCUT2D eigenvalue weighted by atomic mass is 16.2. The molecule has 2 aromatic carbocycles. The minimum absolute atomic E-state index is 0.0740. The van der Waals surface area contributed by atoms with E-state index in [0.717, 1.165) is 36.9 Å². The summed E-state index contributed by atoms with van der Waals surface area (Å²) in [4.78, 5) is 19.0. The second-order valence-corrected chi connectivity index (χ2v) is 7.26. The molecular weight excluding hydrogens is 332 g/mol. The number of hydrogen-bond acceptors (Lipinski definition) is 1. The number of benzene rings is 2. The molecule has 27 heavy (non-hydrogen) atoms. The van der Waals surface area contributed by atoms with E-state index >= 15 is 0 Å². The Bertz CT molecular complexity index is 1100. The smallest absolute Gasteiger partial charge is 0.254 e. The van der Waals surface area contributed by atoms with Crippen LogP contribution in [0, 0.1) is 0 Å². The largest absolute Gasteiger partial charge is 0.356 e. The van der Waals surface area contributed by atoms with Crippen LogP contribution in [-0.4, -0.2) is 22.3 Å². The van der Waals surface area contributed by atoms with Gasteiger partial charge in [0.1, 0.15) is 0 Å². The predicted octanol–water partition coefficient (Wildman–Crippen LogP) is 3.16. The molecule has 3 nitrogen and oxygen atoms in total. The third kappa shape index (κ3) is 2.71. The van der Waals surface area contributed by atoms with Gasteiger partial charge in [0.15, 0.2) is 0 Å². The molecule has 134 valence electrons. The van der Waals surface area contributed by atoms with Gasteiger partial charge in [0.05, 0.1) is 6.04 Å². The predicted molar refractivity (Wildman–Crippen MR) is 108 cm³/mol. The summed E-state index contributed by atoms with van der Waals surface area (Å²) in [6, 6.07) is 19.9. The number of rotatable bonds is 2. The summed E-state index contributed by atoms with van der Waals surface area (Å²) in [6.07, 6.45) is 7.71. The molecule has 0 saturated heterocycles. The lowest BCUT2D eigenvalue weighted by atomic mass is 9.92. The van der Waals surface area contributed by atoms with Crippen molar-refractivity contribution >= 4 is 18.1 Å². The molecule has 5 rings (SSSR count). The Morgan fingerprint density at radius 1 is 0.926 bits per heavy atom. The molecule has 0 fully saturated rings. The molecule has 0 radical (unpaired) electrons. The Labute approximate surface area is 158 Å². The fraction of sp³-hybridized carbons (Fsp3) is 0.208. The second kappa shape index (κ2) is 6.58. The van der Waals surface area contributed by atoms with Crippen LogP contribution in [0.25, 0.3) is 12.2 Å². The van der Waals surface area contributed by atoms with E-state index in [9.17, 15) is 4.79 Å². The molecule has 1 aliphatic carbocycles. The average Bonchev–Trinajstić information content (AvgIpc) is 3.12. The van der Waals surface area contributed by atoms with Crippen molar-refractivity contribution in [1.82, 2.24) is 9.88 Å². The van der Waals surface area contributed by atoms with Gasteiger partial charge in [0.2, 0.25) is 0 Å². The number of aromatic nitrogens is 1. The maximum atomic E-state index is 13.3. The topological polar surface area (TPSA) is 36.1 Å². The number of carbonyl (C=O) groups is 1. The first kappa shape index (κ1) is 16.1. The fourth-order valence-corrected chi connectivity index (χ4v) is 4.41. The first-order valence-electron chi connectivity index (χ1n) is 9.65. The Hall–Kier alpha value is -3.07. The molecule has 3 aromatic rings. The zero-order valence-electron chi connectivity index (χ0n) is 15.2. The van der Waals surface area contributed by atoms with Crippen molar-refractivity contribution < 1.29 is 4.79 Å². The van der Waals surface area contributed by atoms with Crippen LogP contribution in [0.1, 0.15) is 46.1 Å². The minimum atomic E-state index is -0.0740. The molecule has 1 amide bonds. The number of aromatic amines is 1. The third-order valence-corrected chi connectivity index (χ3v) is 5.66. The van der Waals surface area contributed by atoms with Crippen molar-refractivity contribution in [2.24, 2.45) is 0 Å². The van der Waals surface area contributed by atoms with E-state index in [-0.39, 0.29) is 11.9 Å². The Morgan fingerprint density at radius 2 is 1.63 bits per heavy atom. The molecule has 1 aliphatic heterocycles. The Morgan fingerprint density at radius 3 is 2.41 bits per heavy atom. The van der Waals surface area contributed by atoms with Gasteiger partial charge in [-0.15, -0.1) is 0 Å². The molecule has 3 heteroatoms. The zero-order chi connectivity index (χ0) is 18.2. The van der Waals surface area contributed by atoms with Crippen molar-refractivity contribution in [3.63, 3.8) is 0 Å². The average molecular weight is 354 g/mol. The molecule has 1 atom stereocenters. The minimum Gasteiger partial charge on any atom is -0.356 e. The Balaban J connectivity index is 1.67. The number of amides is 1. The van der Waals surface area contributed by atoms with Crippen LogP contribution >= 0.6 is 0 Å². The molecule has 1 N–H and O–H groups in total. The number of H-pyrrole nitrogens is 1. The molecule has 0 bridgehead atoms. The molecule has 1 unspecified atom stereocenters. The van der Waals surface area contributed by atoms with E-state index in [1.54, 1.807) is 0 Å². The van der Waals surface area contributed by atoms with Crippen molar-refractivity contribution in [3.8, 4) is 0 Å². The standard InChI is InChI=1S/C24H22N2O/c27-24(18-11-5-2-6-12-18)26-16-15-20-19-13-7-8-14-21(19)25-22(20)23(26)17-9-3-1-4-10-17/h1-6,9-14,23,25H,7-8,15-16H2. The van der Waals surface area contributed by atoms with Crippen LogP contribution in [0.3, 0.4) is 0 Å². The summed E-state index contributed by atoms with van der Waals surface area (Å²) in [6.45, 7) is 0.735. The summed E-state index contributed by atoms with van der Waals surface area (Å²) in [5.74, 6) is 0.0932. The van der Waals surface area contributed by atoms with Crippen LogP contribution < -0.4 is 10.6 Å². The fourth-order valence-electron chi connectivity index (χ4n) is 4.41. The lowest BCUT2D eigenvalue weighted by Crippen LogP contribution is -2.41. The number of hydrogen-bond donors (Lipinski definition) is 1. The molecular formula is C24H22N2O. The summed E-state index contributed by atoms with van der Waals surface area (Å²) in [7, 11) is 0. The van der Waals surface area contributed by atoms with E-state index in [0.29, 0.717) is 0 Å². The molecule has 0 saturated carbocycles. The quantitative estimate of drug-likeness (QED) is 0.754. The van der Waals surface area contributed by atoms with Gasteiger partial charge in [-0.2, -0.15) is 0 Å². The van der Waals surface area contributed by atoms with Crippen molar-refractivity contribution in [2.75, 3.05) is 6.54 Å². The van der Waals surface area contributed by atoms with Crippen LogP contribution in [-0.2, 0) is 6.42 Å². The molecule has 0 spiro atoms. The van der Waals surface area contributed by atoms with Gasteiger partial charge in [0, 0.05) is 23.2 Å². The third-order valence-electron chi connectivity index (χ3n) is 5.66. The summed E-state index contributed by atoms with van der Waals surface area (Å²) >= 11 is 0. The van der Waals surface area contributed by atoms with Crippen LogP contribution in [0.2, 0.25) is 0 Å². The monoisotopic (exact) mass is 354 g/mol. The summed E-state index contributed by atoms with van der Waals surface area (Å²) < 4.78 is 0. The highest BCUT2D eigenvalue weighted by molar-refractivity contribution is 5.95. The molecule has 2 heterocycles. The lowest BCUT2D eigenvalue weighted by molar-refractivity contribution is 0.0691. The van der Waals surface area contributed by atoms with E-state index in [4.69, 9.17) is 0 Å². The van der Waals surface area contributed by atoms with E-state index in [2.05, 4.69) is 41.4 Å². The van der Waals surface area contributed by atoms with Gasteiger partial charge >= 0.3 is 0 Å². The van der Waals surface area contributed by atoms with Crippen LogP contribution in [0.15, 0.2) is 60.7 Å². The van der Waals surface area contributed by atoms with Gasteiger partial charge < -0.3 is 9.88 Å². The van der Waals surface area contributed by atoms with Crippen molar-refractivity contribution in [1.29, 1.82) is 0 Å². The normalized spacial score (nSPS) is 18.1. The number of carbonyl (C=O) groups excluding carboxylic acids is 1. The Kier molecular flexibility index (Phi) is 3.93. The van der Waals surface area contributed by atoms with Crippen LogP contribution in [0.4, 0.5) is 0 Å². The summed E-state index contributed by atoms with van der Waals surface area (Å²) in [5, 5.41) is 2.57. The van der Waals surface area contributed by atoms with E-state index < -0.39 is 0 Å². The maximum absolute atomic E-state index is 13.3. The maximum Gasteiger partial charge on any atom is 0.254 e. The SMILES string of the molecule is O=C(c1ccccc1)N1CCc2c([nH]c3c2=CCCC=3)C1c1ccccc1. The summed E-state index contributed by atoms with van der Waals surface area (Å²) in [5.41, 5.74) is 4.46. The number of nitrogens with zero attached hydrogens (tertiary/aromatic N) is 1. The highest BCUT2D eigenvalue weighted by Gasteiger charge is 2.34. The number of nitrogens with one attached hydrogen (secondary N) is 1. The van der Waals surface area contributed by atoms with Gasteiger partial charge in [-0.3, -0.25) is 4.79 Å². The zero-order valence-corrected chi connectivity index (χ0v) is 15.2. The highest BCUT2D eigenvalue weighted by Crippen LogP contribution is 2.33. The van der Waals surface area contributed by atoms with Crippen molar-refractivity contribution in [3.05, 3.63) is 93.6 Å². The molecule has 1 aromatic heterocycles. The first-order valence-corrected chi connectivity index (χ1v) is 9.65. The van der Waals surface area contributed by atoms with E-state index in [1.807, 2.05) is 41.3 Å². The van der Waals surface area contributed by atoms with Gasteiger partial charge in [0.25, 0.3) is 5.91 Å². The molecule has 2 aliphatic rings. The van der Waals surface area contributed by atoms with Crippen molar-refractivity contribution in [2.45, 2.75) is 25.3 Å². The lowest BCUT2D eigenvalue weighted by Gasteiger charge is -2.36. The number of fused-ring (bicyclic) bond motifs is 3. The van der Waals surface area contributed by atoms with Crippen LogP contribution in [0.5, 0.6) is 0 Å². The van der Waals surface area contributed by atoms with Gasteiger partial charge in [-0.05, 0) is 47.7 Å². The van der Waals surface area contributed by atoms with Gasteiger partial charge in [-0.1, -0.05) is 60.7 Å². The van der Waals surface area contributed by atoms with Gasteiger partial charge in [-0.25, -0.2) is 0 Å². The first-order chi connectivity index (χ1) is 13.3.